The fourth-order valence-corrected chi connectivity index (χ4v) is 1.51. The minimum atomic E-state index is -0.0225. The smallest absolute Gasteiger partial charge is 0.176 e. The molecular weight excluding hydrogens is 228 g/mol. The van der Waals surface area contributed by atoms with Crippen molar-refractivity contribution in [3.05, 3.63) is 34.7 Å². The summed E-state index contributed by atoms with van der Waals surface area (Å²) in [4.78, 5) is 11.3. The summed E-state index contributed by atoms with van der Waals surface area (Å²) in [6.45, 7) is 3.31. The van der Waals surface area contributed by atoms with Gasteiger partial charge in [-0.15, -0.1) is 10.2 Å². The maximum absolute atomic E-state index is 11.3. The lowest BCUT2D eigenvalue weighted by Gasteiger charge is -2.02. The van der Waals surface area contributed by atoms with Gasteiger partial charge in [0.05, 0.1) is 17.5 Å². The lowest BCUT2D eigenvalue weighted by atomic mass is 10.2. The number of hydrogen-bond acceptors (Lipinski definition) is 4. The normalized spacial score (nSPS) is 10.4. The first-order chi connectivity index (χ1) is 7.59. The van der Waals surface area contributed by atoms with Crippen molar-refractivity contribution in [1.82, 2.24) is 20.0 Å². The SMILES string of the molecule is CC(=O)c1cnn(-c2ccc(Cl)nn2)c1C. The third kappa shape index (κ3) is 1.81. The Labute approximate surface area is 97.1 Å². The highest BCUT2D eigenvalue weighted by Crippen LogP contribution is 2.13. The lowest BCUT2D eigenvalue weighted by Crippen LogP contribution is -2.04. The number of halogens is 1. The molecule has 0 bridgehead atoms. The van der Waals surface area contributed by atoms with Gasteiger partial charge in [-0.05, 0) is 26.0 Å². The van der Waals surface area contributed by atoms with Crippen LogP contribution < -0.4 is 0 Å². The average Bonchev–Trinajstić information content (AvgIpc) is 2.61. The monoisotopic (exact) mass is 236 g/mol. The zero-order chi connectivity index (χ0) is 11.7. The molecule has 0 atom stereocenters. The molecule has 2 aromatic heterocycles. The van der Waals surface area contributed by atoms with Crippen LogP contribution in [0.4, 0.5) is 0 Å². The number of aromatic nitrogens is 4. The van der Waals surface area contributed by atoms with Crippen molar-refractivity contribution in [2.24, 2.45) is 0 Å². The van der Waals surface area contributed by atoms with Crippen LogP contribution >= 0.6 is 11.6 Å². The predicted molar refractivity (Wildman–Crippen MR) is 58.9 cm³/mol. The van der Waals surface area contributed by atoms with E-state index in [0.29, 0.717) is 16.5 Å². The summed E-state index contributed by atoms with van der Waals surface area (Å²) in [7, 11) is 0. The zero-order valence-corrected chi connectivity index (χ0v) is 9.56. The Morgan fingerprint density at radius 3 is 2.62 bits per heavy atom. The van der Waals surface area contributed by atoms with Gasteiger partial charge in [0, 0.05) is 0 Å². The van der Waals surface area contributed by atoms with Gasteiger partial charge in [0.2, 0.25) is 0 Å². The van der Waals surface area contributed by atoms with Crippen molar-refractivity contribution in [3.63, 3.8) is 0 Å². The zero-order valence-electron chi connectivity index (χ0n) is 8.81. The van der Waals surface area contributed by atoms with Crippen LogP contribution in [0.3, 0.4) is 0 Å². The third-order valence-electron chi connectivity index (χ3n) is 2.22. The molecular formula is C10H9ClN4O. The van der Waals surface area contributed by atoms with Gasteiger partial charge in [0.25, 0.3) is 0 Å². The van der Waals surface area contributed by atoms with Gasteiger partial charge < -0.3 is 0 Å². The Morgan fingerprint density at radius 2 is 2.12 bits per heavy atom. The maximum atomic E-state index is 11.3. The van der Waals surface area contributed by atoms with Gasteiger partial charge in [0.1, 0.15) is 0 Å². The molecule has 0 fully saturated rings. The first kappa shape index (κ1) is 10.8. The molecule has 0 spiro atoms. The van der Waals surface area contributed by atoms with Gasteiger partial charge in [-0.3, -0.25) is 4.79 Å². The quantitative estimate of drug-likeness (QED) is 0.747. The molecule has 0 aliphatic carbocycles. The molecule has 0 aromatic carbocycles. The lowest BCUT2D eigenvalue weighted by molar-refractivity contribution is 0.101. The molecule has 0 saturated heterocycles. The molecule has 0 unspecified atom stereocenters. The molecule has 5 nitrogen and oxygen atoms in total. The van der Waals surface area contributed by atoms with E-state index in [0.717, 1.165) is 5.69 Å². The summed E-state index contributed by atoms with van der Waals surface area (Å²) in [5, 5.41) is 12.0. The number of rotatable bonds is 2. The highest BCUT2D eigenvalue weighted by atomic mass is 35.5. The van der Waals surface area contributed by atoms with Crippen LogP contribution in [0.1, 0.15) is 23.0 Å². The molecule has 2 heterocycles. The molecule has 6 heteroatoms. The van der Waals surface area contributed by atoms with Crippen LogP contribution in [-0.2, 0) is 0 Å². The fraction of sp³-hybridized carbons (Fsp3) is 0.200. The summed E-state index contributed by atoms with van der Waals surface area (Å²) in [5.74, 6) is 0.514. The molecule has 2 aromatic rings. The second kappa shape index (κ2) is 4.02. The summed E-state index contributed by atoms with van der Waals surface area (Å²) in [6.07, 6.45) is 1.52. The van der Waals surface area contributed by atoms with Gasteiger partial charge in [0.15, 0.2) is 16.8 Å². The minimum absolute atomic E-state index is 0.0225. The molecule has 0 radical (unpaired) electrons. The Hall–Kier alpha value is -1.75. The summed E-state index contributed by atoms with van der Waals surface area (Å²) >= 11 is 5.64. The number of Topliss-reactive ketones (excluding diaryl/α,β-unsaturated/α-hetero) is 1. The van der Waals surface area contributed by atoms with Crippen LogP contribution in [0.5, 0.6) is 0 Å². The summed E-state index contributed by atoms with van der Waals surface area (Å²) < 4.78 is 1.56. The Bertz CT molecular complexity index is 532. The fourth-order valence-electron chi connectivity index (χ4n) is 1.41. The topological polar surface area (TPSA) is 60.7 Å². The molecule has 82 valence electrons. The van der Waals surface area contributed by atoms with Crippen molar-refractivity contribution in [2.45, 2.75) is 13.8 Å². The van der Waals surface area contributed by atoms with Crippen molar-refractivity contribution in [2.75, 3.05) is 0 Å². The average molecular weight is 237 g/mol. The van der Waals surface area contributed by atoms with Gasteiger partial charge in [-0.25, -0.2) is 4.68 Å². The summed E-state index contributed by atoms with van der Waals surface area (Å²) in [6, 6.07) is 3.32. The van der Waals surface area contributed by atoms with Gasteiger partial charge in [-0.2, -0.15) is 5.10 Å². The second-order valence-electron chi connectivity index (χ2n) is 3.33. The van der Waals surface area contributed by atoms with E-state index >= 15 is 0 Å². The van der Waals surface area contributed by atoms with E-state index in [1.165, 1.54) is 13.1 Å². The van der Waals surface area contributed by atoms with Crippen LogP contribution in [0.2, 0.25) is 5.15 Å². The van der Waals surface area contributed by atoms with E-state index in [1.54, 1.807) is 23.7 Å². The molecule has 16 heavy (non-hydrogen) atoms. The van der Waals surface area contributed by atoms with Crippen molar-refractivity contribution in [3.8, 4) is 5.82 Å². The molecule has 0 N–H and O–H groups in total. The van der Waals surface area contributed by atoms with E-state index in [-0.39, 0.29) is 5.78 Å². The molecule has 0 saturated carbocycles. The Kier molecular flexibility index (Phi) is 2.70. The van der Waals surface area contributed by atoms with Crippen molar-refractivity contribution >= 4 is 17.4 Å². The number of nitrogens with zero attached hydrogens (tertiary/aromatic N) is 4. The van der Waals surface area contributed by atoms with E-state index < -0.39 is 0 Å². The predicted octanol–water partition coefficient (Wildman–Crippen LogP) is 1.83. The highest BCUT2D eigenvalue weighted by molar-refractivity contribution is 6.29. The standard InChI is InChI=1S/C10H9ClN4O/c1-6-8(7(2)16)5-12-15(6)10-4-3-9(11)13-14-10/h3-5H,1-2H3. The van der Waals surface area contributed by atoms with E-state index in [9.17, 15) is 4.79 Å². The maximum Gasteiger partial charge on any atom is 0.176 e. The van der Waals surface area contributed by atoms with Crippen LogP contribution in [0, 0.1) is 6.92 Å². The van der Waals surface area contributed by atoms with Crippen LogP contribution in [-0.4, -0.2) is 25.8 Å². The molecule has 0 amide bonds. The van der Waals surface area contributed by atoms with Gasteiger partial charge >= 0.3 is 0 Å². The van der Waals surface area contributed by atoms with E-state index in [1.807, 2.05) is 0 Å². The van der Waals surface area contributed by atoms with Crippen molar-refractivity contribution < 1.29 is 4.79 Å². The van der Waals surface area contributed by atoms with E-state index in [4.69, 9.17) is 11.6 Å². The number of carbonyl (C=O) groups is 1. The number of ketones is 1. The second-order valence-corrected chi connectivity index (χ2v) is 3.71. The van der Waals surface area contributed by atoms with Crippen LogP contribution in [0.15, 0.2) is 18.3 Å². The van der Waals surface area contributed by atoms with Crippen LogP contribution in [0.25, 0.3) is 5.82 Å². The number of hydrogen-bond donors (Lipinski definition) is 0. The first-order valence-corrected chi connectivity index (χ1v) is 5.02. The minimum Gasteiger partial charge on any atom is -0.294 e. The Morgan fingerprint density at radius 1 is 1.38 bits per heavy atom. The van der Waals surface area contributed by atoms with Gasteiger partial charge in [-0.1, -0.05) is 11.6 Å². The molecule has 2 rings (SSSR count). The third-order valence-corrected chi connectivity index (χ3v) is 2.43. The highest BCUT2D eigenvalue weighted by Gasteiger charge is 2.12. The molecule has 0 aliphatic rings. The van der Waals surface area contributed by atoms with E-state index in [2.05, 4.69) is 15.3 Å². The largest absolute Gasteiger partial charge is 0.294 e. The summed E-state index contributed by atoms with van der Waals surface area (Å²) in [5.41, 5.74) is 1.32. The Balaban J connectivity index is 2.49. The first-order valence-electron chi connectivity index (χ1n) is 4.65. The molecule has 0 aliphatic heterocycles. The van der Waals surface area contributed by atoms with Crippen molar-refractivity contribution in [1.29, 1.82) is 0 Å². The number of carbonyl (C=O) groups excluding carboxylic acids is 1.